The highest BCUT2D eigenvalue weighted by Crippen LogP contribution is 2.39. The highest BCUT2D eigenvalue weighted by Gasteiger charge is 2.29. The van der Waals surface area contributed by atoms with E-state index in [9.17, 15) is 24.2 Å². The van der Waals surface area contributed by atoms with Gasteiger partial charge in [-0.3, -0.25) is 9.59 Å². The van der Waals surface area contributed by atoms with E-state index in [1.165, 1.54) is 19.2 Å². The van der Waals surface area contributed by atoms with Gasteiger partial charge in [-0.25, -0.2) is 4.39 Å². The largest absolute Gasteiger partial charge is 0.469 e. The van der Waals surface area contributed by atoms with Crippen LogP contribution in [0.1, 0.15) is 67.7 Å². The van der Waals surface area contributed by atoms with E-state index < -0.39 is 18.2 Å². The first-order chi connectivity index (χ1) is 18.2. The summed E-state index contributed by atoms with van der Waals surface area (Å²) in [6, 6.07) is 15.4. The van der Waals surface area contributed by atoms with Crippen LogP contribution >= 0.6 is 0 Å². The lowest BCUT2D eigenvalue weighted by Gasteiger charge is -2.17. The summed E-state index contributed by atoms with van der Waals surface area (Å²) in [5, 5.41) is 23.8. The third-order valence-corrected chi connectivity index (χ3v) is 6.57. The molecule has 2 aromatic carbocycles. The number of amides is 1. The van der Waals surface area contributed by atoms with Crippen molar-refractivity contribution in [1.82, 2.24) is 4.57 Å². The van der Waals surface area contributed by atoms with E-state index in [1.54, 1.807) is 12.1 Å². The number of halogens is 1. The summed E-state index contributed by atoms with van der Waals surface area (Å²) in [5.41, 5.74) is 4.54. The summed E-state index contributed by atoms with van der Waals surface area (Å²) < 4.78 is 20.4. The number of nitrogens with one attached hydrogen (secondary N) is 1. The molecule has 3 aromatic rings. The van der Waals surface area contributed by atoms with Crippen molar-refractivity contribution >= 4 is 17.6 Å². The molecule has 7 nitrogen and oxygen atoms in total. The van der Waals surface area contributed by atoms with E-state index in [4.69, 9.17) is 0 Å². The van der Waals surface area contributed by atoms with Gasteiger partial charge in [0.15, 0.2) is 0 Å². The number of para-hydroxylation sites is 1. The van der Waals surface area contributed by atoms with Gasteiger partial charge in [-0.1, -0.05) is 44.2 Å². The maximum absolute atomic E-state index is 13.8. The average molecular weight is 525 g/mol. The zero-order chi connectivity index (χ0) is 27.8. The van der Waals surface area contributed by atoms with Crippen molar-refractivity contribution in [2.24, 2.45) is 0 Å². The second kappa shape index (κ2) is 13.3. The fraction of sp³-hybridized carbons (Fsp3) is 0.400. The number of benzene rings is 2. The van der Waals surface area contributed by atoms with Crippen LogP contribution in [0.15, 0.2) is 54.6 Å². The lowest BCUT2D eigenvalue weighted by molar-refractivity contribution is -0.143. The quantitative estimate of drug-likeness (QED) is 0.279. The van der Waals surface area contributed by atoms with Gasteiger partial charge in [0.05, 0.1) is 25.7 Å². The number of ether oxygens (including phenoxy) is 1. The van der Waals surface area contributed by atoms with Gasteiger partial charge in [0.2, 0.25) is 0 Å². The summed E-state index contributed by atoms with van der Waals surface area (Å²) >= 11 is 0. The highest BCUT2D eigenvalue weighted by molar-refractivity contribution is 6.06. The molecule has 0 saturated carbocycles. The summed E-state index contributed by atoms with van der Waals surface area (Å²) in [5.74, 6) is -1.16. The van der Waals surface area contributed by atoms with Crippen molar-refractivity contribution in [3.8, 4) is 11.1 Å². The van der Waals surface area contributed by atoms with Crippen LogP contribution in [0.3, 0.4) is 0 Å². The molecule has 1 amide bonds. The minimum Gasteiger partial charge on any atom is -0.469 e. The molecule has 0 aliphatic carbocycles. The van der Waals surface area contributed by atoms with Crippen molar-refractivity contribution in [2.75, 3.05) is 12.4 Å². The van der Waals surface area contributed by atoms with Crippen molar-refractivity contribution in [1.29, 1.82) is 0 Å². The summed E-state index contributed by atoms with van der Waals surface area (Å²) in [7, 11) is 1.25. The SMILES string of the molecule is CCn1c(CC[C@@H](O)C[C@@H](O)CC(=O)OC)c(-c2ccc(F)cc2)c(C(C)C)c1C(=O)Nc1ccccc1. The van der Waals surface area contributed by atoms with Crippen molar-refractivity contribution in [3.63, 3.8) is 0 Å². The zero-order valence-corrected chi connectivity index (χ0v) is 22.4. The molecular weight excluding hydrogens is 487 g/mol. The molecule has 1 heterocycles. The zero-order valence-electron chi connectivity index (χ0n) is 22.4. The Morgan fingerprint density at radius 2 is 1.68 bits per heavy atom. The van der Waals surface area contributed by atoms with Crippen LogP contribution < -0.4 is 5.32 Å². The number of hydrogen-bond acceptors (Lipinski definition) is 5. The van der Waals surface area contributed by atoms with E-state index in [2.05, 4.69) is 10.1 Å². The predicted molar refractivity (Wildman–Crippen MR) is 146 cm³/mol. The fourth-order valence-corrected chi connectivity index (χ4v) is 4.85. The summed E-state index contributed by atoms with van der Waals surface area (Å²) in [6.07, 6.45) is -1.36. The summed E-state index contributed by atoms with van der Waals surface area (Å²) in [4.78, 5) is 25.1. The van der Waals surface area contributed by atoms with Crippen LogP contribution in [-0.2, 0) is 22.5 Å². The number of aromatic nitrogens is 1. The third kappa shape index (κ3) is 7.08. The Morgan fingerprint density at radius 3 is 2.26 bits per heavy atom. The van der Waals surface area contributed by atoms with Gasteiger partial charge < -0.3 is 24.8 Å². The molecule has 0 unspecified atom stereocenters. The predicted octanol–water partition coefficient (Wildman–Crippen LogP) is 5.30. The molecule has 3 rings (SSSR count). The number of methoxy groups -OCH3 is 1. The van der Waals surface area contributed by atoms with E-state index >= 15 is 0 Å². The number of nitrogens with zero attached hydrogens (tertiary/aromatic N) is 1. The molecule has 0 bridgehead atoms. The number of hydrogen-bond donors (Lipinski definition) is 3. The van der Waals surface area contributed by atoms with Gasteiger partial charge in [0, 0.05) is 23.5 Å². The maximum Gasteiger partial charge on any atom is 0.308 e. The van der Waals surface area contributed by atoms with Gasteiger partial charge >= 0.3 is 5.97 Å². The molecular formula is C30H37FN2O5. The topological polar surface area (TPSA) is 101 Å². The molecule has 0 aliphatic rings. The first kappa shape index (κ1) is 29.1. The average Bonchev–Trinajstić information content (AvgIpc) is 3.23. The molecule has 3 N–H and O–H groups in total. The molecule has 0 spiro atoms. The van der Waals surface area contributed by atoms with E-state index in [0.717, 1.165) is 22.4 Å². The molecule has 0 radical (unpaired) electrons. The molecule has 0 fully saturated rings. The number of esters is 1. The normalized spacial score (nSPS) is 12.8. The molecule has 8 heteroatoms. The van der Waals surface area contributed by atoms with Crippen molar-refractivity contribution in [2.45, 2.75) is 71.1 Å². The first-order valence-electron chi connectivity index (χ1n) is 13.0. The number of anilines is 1. The van der Waals surface area contributed by atoms with E-state index in [0.29, 0.717) is 30.8 Å². The molecule has 1 aromatic heterocycles. The van der Waals surface area contributed by atoms with Crippen molar-refractivity contribution < 1.29 is 28.9 Å². The lowest BCUT2D eigenvalue weighted by atomic mass is 9.91. The Hall–Kier alpha value is -3.49. The van der Waals surface area contributed by atoms with Crippen LogP contribution in [0.2, 0.25) is 0 Å². The van der Waals surface area contributed by atoms with Gasteiger partial charge in [-0.15, -0.1) is 0 Å². The minimum atomic E-state index is -1.02. The van der Waals surface area contributed by atoms with Gasteiger partial charge in [0.1, 0.15) is 11.5 Å². The number of carbonyl (C=O) groups is 2. The molecule has 204 valence electrons. The summed E-state index contributed by atoms with van der Waals surface area (Å²) in [6.45, 7) is 6.50. The van der Waals surface area contributed by atoms with Gasteiger partial charge in [0.25, 0.3) is 5.91 Å². The Kier molecular flexibility index (Phi) is 10.2. The molecule has 2 atom stereocenters. The minimum absolute atomic E-state index is 0.0200. The first-order valence-corrected chi connectivity index (χ1v) is 13.0. The third-order valence-electron chi connectivity index (χ3n) is 6.57. The highest BCUT2D eigenvalue weighted by atomic mass is 19.1. The van der Waals surface area contributed by atoms with Crippen molar-refractivity contribution in [3.05, 3.63) is 77.4 Å². The van der Waals surface area contributed by atoms with E-state index in [1.807, 2.05) is 55.7 Å². The number of aliphatic hydroxyl groups excluding tert-OH is 2. The smallest absolute Gasteiger partial charge is 0.308 e. The Bertz CT molecular complexity index is 1220. The molecule has 0 saturated heterocycles. The number of aliphatic hydroxyl groups is 2. The standard InChI is InChI=1S/C30H37FN2O5/c1-5-33-25(16-15-23(34)17-24(35)18-26(36)38-4)28(20-11-13-21(31)14-12-20)27(19(2)3)29(33)30(37)32-22-9-7-6-8-10-22/h6-14,19,23-24,34-35H,5,15-18H2,1-4H3,(H,32,37)/t23-,24-/m1/s1. The Balaban J connectivity index is 2.04. The van der Waals surface area contributed by atoms with Crippen LogP contribution in [0.25, 0.3) is 11.1 Å². The van der Waals surface area contributed by atoms with E-state index in [-0.39, 0.29) is 30.5 Å². The number of rotatable bonds is 12. The lowest BCUT2D eigenvalue weighted by Crippen LogP contribution is -2.22. The molecule has 38 heavy (non-hydrogen) atoms. The molecule has 0 aliphatic heterocycles. The Morgan fingerprint density at radius 1 is 1.03 bits per heavy atom. The van der Waals surface area contributed by atoms with Crippen LogP contribution in [-0.4, -0.2) is 46.0 Å². The Labute approximate surface area is 223 Å². The van der Waals surface area contributed by atoms with Crippen LogP contribution in [0.5, 0.6) is 0 Å². The second-order valence-corrected chi connectivity index (χ2v) is 9.67. The van der Waals surface area contributed by atoms with Gasteiger partial charge in [-0.2, -0.15) is 0 Å². The maximum atomic E-state index is 13.8. The second-order valence-electron chi connectivity index (χ2n) is 9.67. The number of carbonyl (C=O) groups excluding carboxylic acids is 2. The monoisotopic (exact) mass is 524 g/mol. The van der Waals surface area contributed by atoms with Gasteiger partial charge in [-0.05, 0) is 67.5 Å². The van der Waals surface area contributed by atoms with Crippen LogP contribution in [0, 0.1) is 5.82 Å². The fourth-order valence-electron chi connectivity index (χ4n) is 4.85. The van der Waals surface area contributed by atoms with Crippen LogP contribution in [0.4, 0.5) is 10.1 Å².